The molecule has 0 fully saturated rings. The van der Waals surface area contributed by atoms with E-state index in [-0.39, 0.29) is 12.6 Å². The highest BCUT2D eigenvalue weighted by atomic mass is 32.9. The summed E-state index contributed by atoms with van der Waals surface area (Å²) in [5.41, 5.74) is -2.58. The summed E-state index contributed by atoms with van der Waals surface area (Å²) in [6.07, 6.45) is -0.483. The Morgan fingerprint density at radius 2 is 1.08 bits per heavy atom. The molecule has 2 atom stereocenters. The van der Waals surface area contributed by atoms with Crippen LogP contribution >= 0.6 is 17.9 Å². The Labute approximate surface area is 161 Å². The fourth-order valence-electron chi connectivity index (χ4n) is 1.35. The van der Waals surface area contributed by atoms with Crippen LogP contribution in [0.25, 0.3) is 0 Å². The van der Waals surface area contributed by atoms with Gasteiger partial charge in [0.15, 0.2) is 12.6 Å². The molecule has 0 amide bonds. The van der Waals surface area contributed by atoms with Gasteiger partial charge >= 0.3 is 0 Å². The Balaban J connectivity index is 3.45. The second-order valence-electron chi connectivity index (χ2n) is 4.71. The summed E-state index contributed by atoms with van der Waals surface area (Å²) in [7, 11) is 3.17. The van der Waals surface area contributed by atoms with E-state index in [9.17, 15) is 0 Å². The van der Waals surface area contributed by atoms with Crippen molar-refractivity contribution in [1.29, 1.82) is 0 Å². The maximum atomic E-state index is 5.43. The number of thiol groups is 1. The van der Waals surface area contributed by atoms with Crippen LogP contribution in [0.4, 0.5) is 0 Å². The van der Waals surface area contributed by atoms with Crippen molar-refractivity contribution >= 4 is 29.7 Å². The standard InChI is InChI=1S/C14H31O8PS2/c1-13(15-3)19-9-5-17-7-11-21-23(24,25)22-12-8-18-6-10-20-14(2)16-4/h13-14H,5-12H2,1-4H3,(H,24,25). The van der Waals surface area contributed by atoms with Crippen LogP contribution in [0, 0.1) is 0 Å². The molecule has 2 unspecified atom stereocenters. The number of methoxy groups -OCH3 is 2. The maximum absolute atomic E-state index is 5.43. The Morgan fingerprint density at radius 1 is 0.720 bits per heavy atom. The Hall–Kier alpha value is 0.680. The van der Waals surface area contributed by atoms with Crippen molar-refractivity contribution in [2.45, 2.75) is 26.4 Å². The van der Waals surface area contributed by atoms with E-state index >= 15 is 0 Å². The predicted molar refractivity (Wildman–Crippen MR) is 102 cm³/mol. The molecule has 0 aromatic rings. The van der Waals surface area contributed by atoms with E-state index in [1.165, 1.54) is 0 Å². The molecule has 0 saturated heterocycles. The Kier molecular flexibility index (Phi) is 17.3. The molecule has 0 aliphatic heterocycles. The first kappa shape index (κ1) is 25.7. The average Bonchev–Trinajstić information content (AvgIpc) is 2.59. The smallest absolute Gasteiger partial charge is 0.244 e. The van der Waals surface area contributed by atoms with Gasteiger partial charge in [0.05, 0.1) is 52.9 Å². The van der Waals surface area contributed by atoms with Gasteiger partial charge < -0.3 is 37.5 Å². The van der Waals surface area contributed by atoms with Crippen molar-refractivity contribution in [2.24, 2.45) is 0 Å². The zero-order valence-corrected chi connectivity index (χ0v) is 18.0. The van der Waals surface area contributed by atoms with Gasteiger partial charge in [-0.2, -0.15) is 0 Å². The zero-order valence-electron chi connectivity index (χ0n) is 15.4. The van der Waals surface area contributed by atoms with Crippen molar-refractivity contribution in [1.82, 2.24) is 0 Å². The summed E-state index contributed by atoms with van der Waals surface area (Å²) in [6.45, 7) is 6.82. The molecule has 11 heteroatoms. The molecule has 0 radical (unpaired) electrons. The lowest BCUT2D eigenvalue weighted by Gasteiger charge is -2.17. The van der Waals surface area contributed by atoms with Gasteiger partial charge in [0.2, 0.25) is 5.69 Å². The minimum Gasteiger partial charge on any atom is -0.377 e. The van der Waals surface area contributed by atoms with E-state index in [1.807, 2.05) is 13.8 Å². The average molecular weight is 423 g/mol. The van der Waals surface area contributed by atoms with Crippen LogP contribution in [-0.2, 0) is 49.3 Å². The van der Waals surface area contributed by atoms with Gasteiger partial charge in [0.25, 0.3) is 0 Å². The van der Waals surface area contributed by atoms with E-state index in [0.29, 0.717) is 52.9 Å². The predicted octanol–water partition coefficient (Wildman–Crippen LogP) is 2.23. The van der Waals surface area contributed by atoms with E-state index in [1.54, 1.807) is 14.2 Å². The molecule has 0 aromatic heterocycles. The van der Waals surface area contributed by atoms with Crippen molar-refractivity contribution in [3.05, 3.63) is 0 Å². The molecule has 0 aliphatic rings. The monoisotopic (exact) mass is 422 g/mol. The van der Waals surface area contributed by atoms with Crippen LogP contribution in [0.3, 0.4) is 0 Å². The van der Waals surface area contributed by atoms with Crippen LogP contribution < -0.4 is 0 Å². The molecule has 0 saturated carbocycles. The molecule has 0 heterocycles. The third-order valence-corrected chi connectivity index (χ3v) is 5.13. The van der Waals surface area contributed by atoms with Crippen LogP contribution in [0.1, 0.15) is 13.8 Å². The lowest BCUT2D eigenvalue weighted by atomic mass is 10.7. The molecule has 0 aromatic carbocycles. The largest absolute Gasteiger partial charge is 0.377 e. The summed E-state index contributed by atoms with van der Waals surface area (Å²) in [5.74, 6) is 0. The Morgan fingerprint density at radius 3 is 1.44 bits per heavy atom. The van der Waals surface area contributed by atoms with Gasteiger partial charge in [0.1, 0.15) is 0 Å². The number of hydrogen-bond donors (Lipinski definition) is 1. The summed E-state index contributed by atoms with van der Waals surface area (Å²) in [5, 5.41) is 0. The lowest BCUT2D eigenvalue weighted by molar-refractivity contribution is -0.122. The maximum Gasteiger partial charge on any atom is 0.244 e. The fourth-order valence-corrected chi connectivity index (χ4v) is 2.97. The molecular formula is C14H31O8PS2. The SMILES string of the molecule is COC(C)OCCOCCOP(=S)(S)OCCOCCOC(C)OC. The quantitative estimate of drug-likeness (QED) is 0.155. The summed E-state index contributed by atoms with van der Waals surface area (Å²) >= 11 is 9.42. The molecular weight excluding hydrogens is 391 g/mol. The van der Waals surface area contributed by atoms with Gasteiger partial charge in [-0.05, 0) is 25.7 Å². The van der Waals surface area contributed by atoms with Crippen LogP contribution in [0.15, 0.2) is 0 Å². The lowest BCUT2D eigenvalue weighted by Crippen LogP contribution is -2.16. The van der Waals surface area contributed by atoms with Gasteiger partial charge in [-0.15, -0.1) is 0 Å². The molecule has 25 heavy (non-hydrogen) atoms. The summed E-state index contributed by atoms with van der Waals surface area (Å²) in [4.78, 5) is 0. The summed E-state index contributed by atoms with van der Waals surface area (Å²) in [6, 6.07) is 0. The minimum absolute atomic E-state index is 0.242. The third-order valence-electron chi connectivity index (χ3n) is 2.79. The highest BCUT2D eigenvalue weighted by molar-refractivity contribution is 8.60. The van der Waals surface area contributed by atoms with Crippen molar-refractivity contribution in [2.75, 3.05) is 67.1 Å². The number of rotatable bonds is 18. The van der Waals surface area contributed by atoms with Gasteiger partial charge in [-0.1, -0.05) is 12.2 Å². The third kappa shape index (κ3) is 17.8. The van der Waals surface area contributed by atoms with Crippen LogP contribution in [-0.4, -0.2) is 79.7 Å². The van der Waals surface area contributed by atoms with E-state index < -0.39 is 5.69 Å². The normalized spacial score (nSPS) is 16.5. The molecule has 0 rings (SSSR count). The first-order valence-electron chi connectivity index (χ1n) is 7.97. The van der Waals surface area contributed by atoms with Crippen molar-refractivity contribution in [3.8, 4) is 0 Å². The summed E-state index contributed by atoms with van der Waals surface area (Å²) < 4.78 is 42.0. The van der Waals surface area contributed by atoms with E-state index in [4.69, 9.17) is 49.3 Å². The highest BCUT2D eigenvalue weighted by Gasteiger charge is 2.12. The van der Waals surface area contributed by atoms with Crippen LogP contribution in [0.2, 0.25) is 0 Å². The molecule has 0 N–H and O–H groups in total. The number of ether oxygens (including phenoxy) is 6. The van der Waals surface area contributed by atoms with Crippen molar-refractivity contribution in [3.63, 3.8) is 0 Å². The zero-order chi connectivity index (χ0) is 19.0. The molecule has 0 aliphatic carbocycles. The topological polar surface area (TPSA) is 73.8 Å². The fraction of sp³-hybridized carbons (Fsp3) is 1.00. The minimum atomic E-state index is -2.58. The molecule has 8 nitrogen and oxygen atoms in total. The first-order valence-corrected chi connectivity index (χ1v) is 11.8. The van der Waals surface area contributed by atoms with Crippen LogP contribution in [0.5, 0.6) is 0 Å². The van der Waals surface area contributed by atoms with Gasteiger partial charge in [-0.3, -0.25) is 0 Å². The number of hydrogen-bond acceptors (Lipinski definition) is 9. The second-order valence-corrected chi connectivity index (χ2v) is 10.00. The molecule has 0 spiro atoms. The van der Waals surface area contributed by atoms with E-state index in [2.05, 4.69) is 12.2 Å². The van der Waals surface area contributed by atoms with E-state index in [0.717, 1.165) is 0 Å². The molecule has 152 valence electrons. The Bertz CT molecular complexity index is 323. The van der Waals surface area contributed by atoms with Crippen molar-refractivity contribution < 1.29 is 37.5 Å². The highest BCUT2D eigenvalue weighted by Crippen LogP contribution is 2.53. The van der Waals surface area contributed by atoms with Gasteiger partial charge in [0, 0.05) is 14.2 Å². The molecule has 0 bridgehead atoms. The van der Waals surface area contributed by atoms with Gasteiger partial charge in [-0.25, -0.2) is 0 Å². The first-order chi connectivity index (χ1) is 11.9. The second kappa shape index (κ2) is 16.8.